The smallest absolute Gasteiger partial charge is 0.264 e. The molecule has 1 aliphatic rings. The van der Waals surface area contributed by atoms with Crippen molar-refractivity contribution < 1.29 is 18.0 Å². The van der Waals surface area contributed by atoms with E-state index in [2.05, 4.69) is 5.32 Å². The van der Waals surface area contributed by atoms with Crippen molar-refractivity contribution in [2.75, 3.05) is 10.8 Å². The van der Waals surface area contributed by atoms with Gasteiger partial charge in [0, 0.05) is 17.6 Å². The number of nitrogens with one attached hydrogen (secondary N) is 1. The molecular formula is C32H38ClN3O4S. The van der Waals surface area contributed by atoms with E-state index in [0.29, 0.717) is 16.3 Å². The molecule has 0 radical (unpaired) electrons. The Bertz CT molecular complexity index is 1470. The van der Waals surface area contributed by atoms with Crippen LogP contribution in [0, 0.1) is 13.8 Å². The second kappa shape index (κ2) is 13.5. The van der Waals surface area contributed by atoms with Crippen LogP contribution in [0.3, 0.4) is 0 Å². The molecule has 0 bridgehead atoms. The van der Waals surface area contributed by atoms with Gasteiger partial charge in [0.2, 0.25) is 11.8 Å². The fourth-order valence-electron chi connectivity index (χ4n) is 5.11. The van der Waals surface area contributed by atoms with Gasteiger partial charge in [0.1, 0.15) is 12.6 Å². The van der Waals surface area contributed by atoms with E-state index in [1.807, 2.05) is 26.0 Å². The summed E-state index contributed by atoms with van der Waals surface area (Å²) in [6, 6.07) is 19.9. The van der Waals surface area contributed by atoms with Crippen molar-refractivity contribution >= 4 is 39.1 Å². The van der Waals surface area contributed by atoms with Gasteiger partial charge in [-0.1, -0.05) is 78.9 Å². The topological polar surface area (TPSA) is 86.8 Å². The Labute approximate surface area is 248 Å². The number of sulfonamides is 1. The Hall–Kier alpha value is -3.36. The first-order valence-corrected chi connectivity index (χ1v) is 15.9. The maximum atomic E-state index is 14.1. The summed E-state index contributed by atoms with van der Waals surface area (Å²) in [5.41, 5.74) is 2.82. The average Bonchev–Trinajstić information content (AvgIpc) is 2.95. The molecule has 0 spiro atoms. The lowest BCUT2D eigenvalue weighted by Gasteiger charge is -2.33. The van der Waals surface area contributed by atoms with Crippen LogP contribution in [0.1, 0.15) is 55.7 Å². The van der Waals surface area contributed by atoms with Crippen molar-refractivity contribution in [2.45, 2.75) is 76.4 Å². The summed E-state index contributed by atoms with van der Waals surface area (Å²) in [4.78, 5) is 29.0. The third-order valence-electron chi connectivity index (χ3n) is 7.59. The lowest BCUT2D eigenvalue weighted by atomic mass is 9.95. The SMILES string of the molecule is Cc1ccc(S(=O)(=O)N(CC(=O)N(Cc2ccccc2Cl)[C@H](C)C(=O)NC2CCCCC2)c2cccc(C)c2)cc1. The van der Waals surface area contributed by atoms with E-state index in [1.54, 1.807) is 67.6 Å². The van der Waals surface area contributed by atoms with Gasteiger partial charge >= 0.3 is 0 Å². The zero-order valence-electron chi connectivity index (χ0n) is 23.8. The Morgan fingerprint density at radius 1 is 0.927 bits per heavy atom. The molecule has 0 saturated heterocycles. The fourth-order valence-corrected chi connectivity index (χ4v) is 6.71. The van der Waals surface area contributed by atoms with Gasteiger partial charge in [-0.15, -0.1) is 0 Å². The fraction of sp³-hybridized carbons (Fsp3) is 0.375. The third kappa shape index (κ3) is 7.68. The number of benzene rings is 3. The van der Waals surface area contributed by atoms with Crippen LogP contribution in [0.15, 0.2) is 77.7 Å². The lowest BCUT2D eigenvalue weighted by Crippen LogP contribution is -2.53. The van der Waals surface area contributed by atoms with Gasteiger partial charge in [-0.2, -0.15) is 0 Å². The van der Waals surface area contributed by atoms with Gasteiger partial charge in [-0.25, -0.2) is 8.42 Å². The van der Waals surface area contributed by atoms with E-state index in [9.17, 15) is 18.0 Å². The highest BCUT2D eigenvalue weighted by atomic mass is 35.5. The average molecular weight is 596 g/mol. The number of anilines is 1. The Kier molecular flexibility index (Phi) is 10.1. The van der Waals surface area contributed by atoms with Crippen LogP contribution in [0.4, 0.5) is 5.69 Å². The van der Waals surface area contributed by atoms with E-state index in [1.165, 1.54) is 4.90 Å². The van der Waals surface area contributed by atoms with Crippen molar-refractivity contribution in [3.8, 4) is 0 Å². The molecule has 0 heterocycles. The van der Waals surface area contributed by atoms with Gasteiger partial charge in [-0.05, 0) is 75.1 Å². The van der Waals surface area contributed by atoms with Crippen LogP contribution in [0.25, 0.3) is 0 Å². The number of amides is 2. The summed E-state index contributed by atoms with van der Waals surface area (Å²) < 4.78 is 29.0. The zero-order chi connectivity index (χ0) is 29.6. The molecule has 3 aromatic carbocycles. The first-order chi connectivity index (χ1) is 19.6. The normalized spacial score (nSPS) is 14.7. The third-order valence-corrected chi connectivity index (χ3v) is 9.75. The summed E-state index contributed by atoms with van der Waals surface area (Å²) in [6.07, 6.45) is 5.09. The molecule has 3 aromatic rings. The van der Waals surface area contributed by atoms with Crippen LogP contribution < -0.4 is 9.62 Å². The molecule has 1 aliphatic carbocycles. The van der Waals surface area contributed by atoms with Gasteiger partial charge in [-0.3, -0.25) is 13.9 Å². The molecule has 1 fully saturated rings. The van der Waals surface area contributed by atoms with Crippen LogP contribution in [0.2, 0.25) is 5.02 Å². The second-order valence-corrected chi connectivity index (χ2v) is 13.1. The molecule has 218 valence electrons. The molecule has 1 atom stereocenters. The van der Waals surface area contributed by atoms with E-state index in [4.69, 9.17) is 11.6 Å². The maximum absolute atomic E-state index is 14.1. The summed E-state index contributed by atoms with van der Waals surface area (Å²) in [6.45, 7) is 5.00. The lowest BCUT2D eigenvalue weighted by molar-refractivity contribution is -0.139. The minimum absolute atomic E-state index is 0.0595. The molecule has 4 rings (SSSR count). The predicted molar refractivity (Wildman–Crippen MR) is 163 cm³/mol. The summed E-state index contributed by atoms with van der Waals surface area (Å²) in [5, 5.41) is 3.58. The number of carbonyl (C=O) groups excluding carboxylic acids is 2. The zero-order valence-corrected chi connectivity index (χ0v) is 25.4. The Balaban J connectivity index is 1.68. The number of halogens is 1. The maximum Gasteiger partial charge on any atom is 0.264 e. The first-order valence-electron chi connectivity index (χ1n) is 14.1. The number of hydrogen-bond acceptors (Lipinski definition) is 4. The Morgan fingerprint density at radius 2 is 1.61 bits per heavy atom. The standard InChI is InChI=1S/C32H38ClN3O4S/c1-23-16-18-29(19-17-23)41(39,40)36(28-14-9-10-24(2)20-28)22-31(37)35(21-26-11-7-8-15-30(26)33)25(3)32(38)34-27-12-5-4-6-13-27/h7-11,14-20,25,27H,4-6,12-13,21-22H2,1-3H3,(H,34,38)/t25-/m1/s1. The molecule has 2 amide bonds. The number of aryl methyl sites for hydroxylation is 2. The summed E-state index contributed by atoms with van der Waals surface area (Å²) >= 11 is 6.45. The second-order valence-electron chi connectivity index (χ2n) is 10.8. The first kappa shape index (κ1) is 30.6. The highest BCUT2D eigenvalue weighted by Gasteiger charge is 2.33. The quantitative estimate of drug-likeness (QED) is 0.311. The van der Waals surface area contributed by atoms with Crippen molar-refractivity contribution in [3.05, 3.63) is 94.5 Å². The van der Waals surface area contributed by atoms with Gasteiger partial charge in [0.15, 0.2) is 0 Å². The highest BCUT2D eigenvalue weighted by Crippen LogP contribution is 2.26. The number of rotatable bonds is 10. The van der Waals surface area contributed by atoms with E-state index >= 15 is 0 Å². The van der Waals surface area contributed by atoms with Crippen LogP contribution in [0.5, 0.6) is 0 Å². The van der Waals surface area contributed by atoms with E-state index in [-0.39, 0.29) is 23.4 Å². The molecule has 0 aromatic heterocycles. The van der Waals surface area contributed by atoms with Crippen molar-refractivity contribution in [1.29, 1.82) is 0 Å². The molecular weight excluding hydrogens is 558 g/mol. The number of hydrogen-bond donors (Lipinski definition) is 1. The van der Waals surface area contributed by atoms with Crippen molar-refractivity contribution in [1.82, 2.24) is 10.2 Å². The van der Waals surface area contributed by atoms with Crippen LogP contribution >= 0.6 is 11.6 Å². The summed E-state index contributed by atoms with van der Waals surface area (Å²) in [7, 11) is -4.11. The number of carbonyl (C=O) groups is 2. The van der Waals surface area contributed by atoms with Gasteiger partial charge < -0.3 is 10.2 Å². The largest absolute Gasteiger partial charge is 0.352 e. The molecule has 1 saturated carbocycles. The molecule has 0 unspecified atom stereocenters. The van der Waals surface area contributed by atoms with Crippen molar-refractivity contribution in [2.24, 2.45) is 0 Å². The summed E-state index contributed by atoms with van der Waals surface area (Å²) in [5.74, 6) is -0.769. The monoisotopic (exact) mass is 595 g/mol. The number of nitrogens with zero attached hydrogens (tertiary/aromatic N) is 2. The van der Waals surface area contributed by atoms with Crippen LogP contribution in [-0.4, -0.2) is 43.8 Å². The van der Waals surface area contributed by atoms with E-state index in [0.717, 1.165) is 47.5 Å². The molecule has 41 heavy (non-hydrogen) atoms. The molecule has 0 aliphatic heterocycles. The minimum Gasteiger partial charge on any atom is -0.352 e. The van der Waals surface area contributed by atoms with E-state index < -0.39 is 28.5 Å². The van der Waals surface area contributed by atoms with Crippen LogP contribution in [-0.2, 0) is 26.2 Å². The molecule has 7 nitrogen and oxygen atoms in total. The highest BCUT2D eigenvalue weighted by molar-refractivity contribution is 7.92. The predicted octanol–water partition coefficient (Wildman–Crippen LogP) is 6.02. The molecule has 1 N–H and O–H groups in total. The molecule has 9 heteroatoms. The minimum atomic E-state index is -4.11. The van der Waals surface area contributed by atoms with Gasteiger partial charge in [0.25, 0.3) is 10.0 Å². The van der Waals surface area contributed by atoms with Gasteiger partial charge in [0.05, 0.1) is 10.6 Å². The Morgan fingerprint density at radius 3 is 2.27 bits per heavy atom. The van der Waals surface area contributed by atoms with Crippen molar-refractivity contribution in [3.63, 3.8) is 0 Å².